The third kappa shape index (κ3) is 5.39. The molecule has 0 spiro atoms. The van der Waals surface area contributed by atoms with Crippen molar-refractivity contribution in [2.45, 2.75) is 0 Å². The van der Waals surface area contributed by atoms with Crippen LogP contribution in [0.15, 0.2) is 12.2 Å². The van der Waals surface area contributed by atoms with E-state index in [-0.39, 0.29) is 25.4 Å². The predicted molar refractivity (Wildman–Crippen MR) is 67.3 cm³/mol. The van der Waals surface area contributed by atoms with Gasteiger partial charge in [-0.1, -0.05) is 0 Å². The third-order valence-corrected chi connectivity index (χ3v) is 4.02. The summed E-state index contributed by atoms with van der Waals surface area (Å²) in [6.07, 6.45) is 1.83. The molecule has 1 aliphatic rings. The van der Waals surface area contributed by atoms with Crippen molar-refractivity contribution in [1.29, 1.82) is 0 Å². The molecular formula is C11H15NO7S. The van der Waals surface area contributed by atoms with Gasteiger partial charge in [-0.25, -0.2) is 18.0 Å². The van der Waals surface area contributed by atoms with E-state index in [1.807, 2.05) is 0 Å². The number of esters is 2. The van der Waals surface area contributed by atoms with Gasteiger partial charge in [-0.05, 0) is 0 Å². The summed E-state index contributed by atoms with van der Waals surface area (Å²) in [5.74, 6) is -2.53. The van der Waals surface area contributed by atoms with E-state index in [0.29, 0.717) is 0 Å². The number of ether oxygens (including phenoxy) is 2. The van der Waals surface area contributed by atoms with Crippen LogP contribution in [0.4, 0.5) is 0 Å². The van der Waals surface area contributed by atoms with Crippen LogP contribution in [0.5, 0.6) is 0 Å². The fourth-order valence-electron chi connectivity index (χ4n) is 1.47. The number of hydrogen-bond acceptors (Lipinski definition) is 7. The van der Waals surface area contributed by atoms with E-state index in [2.05, 4.69) is 4.74 Å². The number of methoxy groups -OCH3 is 1. The van der Waals surface area contributed by atoms with Crippen LogP contribution < -0.4 is 0 Å². The number of sulfone groups is 1. The Kier molecular flexibility index (Phi) is 5.68. The Bertz CT molecular complexity index is 523. The van der Waals surface area contributed by atoms with Gasteiger partial charge >= 0.3 is 11.9 Å². The van der Waals surface area contributed by atoms with Gasteiger partial charge < -0.3 is 14.4 Å². The zero-order valence-electron chi connectivity index (χ0n) is 10.9. The number of carbonyl (C=O) groups excluding carboxylic acids is 3. The number of amides is 1. The summed E-state index contributed by atoms with van der Waals surface area (Å²) in [6, 6.07) is 0. The predicted octanol–water partition coefficient (Wildman–Crippen LogP) is -1.48. The molecule has 0 bridgehead atoms. The molecule has 0 aromatic carbocycles. The first-order chi connectivity index (χ1) is 9.34. The van der Waals surface area contributed by atoms with Crippen LogP contribution in [0.25, 0.3) is 0 Å². The van der Waals surface area contributed by atoms with Gasteiger partial charge in [-0.3, -0.25) is 4.79 Å². The van der Waals surface area contributed by atoms with Crippen LogP contribution >= 0.6 is 0 Å². The van der Waals surface area contributed by atoms with Crippen LogP contribution in [0.2, 0.25) is 0 Å². The molecular weight excluding hydrogens is 290 g/mol. The van der Waals surface area contributed by atoms with Gasteiger partial charge in [0, 0.05) is 18.7 Å². The average molecular weight is 305 g/mol. The van der Waals surface area contributed by atoms with Crippen molar-refractivity contribution < 1.29 is 32.3 Å². The van der Waals surface area contributed by atoms with Gasteiger partial charge in [0.25, 0.3) is 0 Å². The summed E-state index contributed by atoms with van der Waals surface area (Å²) in [4.78, 5) is 34.7. The Morgan fingerprint density at radius 1 is 1.30 bits per heavy atom. The van der Waals surface area contributed by atoms with Crippen molar-refractivity contribution in [1.82, 2.24) is 4.90 Å². The minimum Gasteiger partial charge on any atom is -0.466 e. The summed E-state index contributed by atoms with van der Waals surface area (Å²) in [6.45, 7) is 0.138. The molecule has 1 rings (SSSR count). The third-order valence-electron chi connectivity index (χ3n) is 2.53. The number of nitrogens with zero attached hydrogens (tertiary/aromatic N) is 1. The van der Waals surface area contributed by atoms with Crippen LogP contribution in [-0.4, -0.2) is 69.5 Å². The van der Waals surface area contributed by atoms with E-state index in [4.69, 9.17) is 4.74 Å². The molecule has 1 saturated heterocycles. The first-order valence-electron chi connectivity index (χ1n) is 5.75. The standard InChI is InChI=1S/C11H15NO7S/c1-18-10(14)2-3-11(15)19-6-4-12-5-7-20(16,17)8-9(12)13/h2-3H,4-8H2,1H3/b3-2+. The Morgan fingerprint density at radius 2 is 1.95 bits per heavy atom. The molecule has 0 aromatic rings. The van der Waals surface area contributed by atoms with Crippen molar-refractivity contribution in [3.8, 4) is 0 Å². The monoisotopic (exact) mass is 305 g/mol. The van der Waals surface area contributed by atoms with Gasteiger partial charge in [-0.2, -0.15) is 0 Å². The smallest absolute Gasteiger partial charge is 0.331 e. The van der Waals surface area contributed by atoms with E-state index in [0.717, 1.165) is 12.2 Å². The van der Waals surface area contributed by atoms with Crippen molar-refractivity contribution >= 4 is 27.7 Å². The molecule has 112 valence electrons. The molecule has 0 saturated carbocycles. The van der Waals surface area contributed by atoms with E-state index in [9.17, 15) is 22.8 Å². The molecule has 0 radical (unpaired) electrons. The van der Waals surface area contributed by atoms with Gasteiger partial charge in [0.05, 0.1) is 19.4 Å². The van der Waals surface area contributed by atoms with Crippen LogP contribution in [0.3, 0.4) is 0 Å². The normalized spacial score (nSPS) is 18.1. The second-order valence-corrected chi connectivity index (χ2v) is 6.18. The second kappa shape index (κ2) is 7.04. The molecule has 8 nitrogen and oxygen atoms in total. The minimum atomic E-state index is -3.29. The molecule has 0 N–H and O–H groups in total. The largest absolute Gasteiger partial charge is 0.466 e. The summed E-state index contributed by atoms with van der Waals surface area (Å²) in [5.41, 5.74) is 0. The highest BCUT2D eigenvalue weighted by Crippen LogP contribution is 2.04. The van der Waals surface area contributed by atoms with Gasteiger partial charge in [0.1, 0.15) is 12.4 Å². The number of rotatable bonds is 5. The van der Waals surface area contributed by atoms with Gasteiger partial charge in [0.15, 0.2) is 9.84 Å². The molecule has 20 heavy (non-hydrogen) atoms. The molecule has 9 heteroatoms. The Hall–Kier alpha value is -1.90. The average Bonchev–Trinajstić information content (AvgIpc) is 2.37. The molecule has 0 aromatic heterocycles. The zero-order chi connectivity index (χ0) is 15.2. The fraction of sp³-hybridized carbons (Fsp3) is 0.545. The Labute approximate surface area is 116 Å². The maximum absolute atomic E-state index is 11.5. The van der Waals surface area contributed by atoms with Crippen molar-refractivity contribution in [2.75, 3.05) is 38.3 Å². The summed E-state index contributed by atoms with van der Waals surface area (Å²) >= 11 is 0. The first-order valence-corrected chi connectivity index (χ1v) is 7.57. The summed E-state index contributed by atoms with van der Waals surface area (Å²) < 4.78 is 31.4. The maximum Gasteiger partial charge on any atom is 0.331 e. The highest BCUT2D eigenvalue weighted by molar-refractivity contribution is 7.92. The molecule has 0 unspecified atom stereocenters. The van der Waals surface area contributed by atoms with Gasteiger partial charge in [0.2, 0.25) is 5.91 Å². The van der Waals surface area contributed by atoms with E-state index < -0.39 is 33.4 Å². The number of hydrogen-bond donors (Lipinski definition) is 0. The highest BCUT2D eigenvalue weighted by atomic mass is 32.2. The quantitative estimate of drug-likeness (QED) is 0.450. The summed E-state index contributed by atoms with van der Waals surface area (Å²) in [7, 11) is -2.11. The summed E-state index contributed by atoms with van der Waals surface area (Å²) in [5, 5.41) is 0. The van der Waals surface area contributed by atoms with Gasteiger partial charge in [-0.15, -0.1) is 0 Å². The number of carbonyl (C=O) groups is 3. The molecule has 0 aliphatic carbocycles. The van der Waals surface area contributed by atoms with E-state index >= 15 is 0 Å². The fourth-order valence-corrected chi connectivity index (χ4v) is 2.67. The lowest BCUT2D eigenvalue weighted by Crippen LogP contribution is -2.46. The maximum atomic E-state index is 11.5. The van der Waals surface area contributed by atoms with Crippen molar-refractivity contribution in [3.05, 3.63) is 12.2 Å². The first kappa shape index (κ1) is 16.2. The Balaban J connectivity index is 2.31. The van der Waals surface area contributed by atoms with E-state index in [1.165, 1.54) is 12.0 Å². The lowest BCUT2D eigenvalue weighted by atomic mass is 10.4. The second-order valence-electron chi connectivity index (χ2n) is 4.00. The Morgan fingerprint density at radius 3 is 2.55 bits per heavy atom. The lowest BCUT2D eigenvalue weighted by Gasteiger charge is -2.26. The minimum absolute atomic E-state index is 0.0733. The lowest BCUT2D eigenvalue weighted by molar-refractivity contribution is -0.141. The topological polar surface area (TPSA) is 107 Å². The SMILES string of the molecule is COC(=O)/C=C/C(=O)OCCN1CCS(=O)(=O)CC1=O. The van der Waals surface area contributed by atoms with E-state index in [1.54, 1.807) is 0 Å². The molecule has 1 fully saturated rings. The molecule has 1 heterocycles. The van der Waals surface area contributed by atoms with Crippen molar-refractivity contribution in [2.24, 2.45) is 0 Å². The van der Waals surface area contributed by atoms with Crippen LogP contribution in [-0.2, 0) is 33.7 Å². The highest BCUT2D eigenvalue weighted by Gasteiger charge is 2.28. The molecule has 1 aliphatic heterocycles. The van der Waals surface area contributed by atoms with Crippen LogP contribution in [0.1, 0.15) is 0 Å². The molecule has 0 atom stereocenters. The van der Waals surface area contributed by atoms with Crippen molar-refractivity contribution in [3.63, 3.8) is 0 Å². The molecule has 1 amide bonds. The zero-order valence-corrected chi connectivity index (χ0v) is 11.7. The van der Waals surface area contributed by atoms with Crippen LogP contribution in [0, 0.1) is 0 Å².